The van der Waals surface area contributed by atoms with Gasteiger partial charge in [-0.1, -0.05) is 0 Å². The molecule has 0 bridgehead atoms. The van der Waals surface area contributed by atoms with Crippen LogP contribution in [0.3, 0.4) is 0 Å². The summed E-state index contributed by atoms with van der Waals surface area (Å²) in [6.45, 7) is -0.138. The first kappa shape index (κ1) is 22.3. The van der Waals surface area contributed by atoms with Crippen LogP contribution in [-0.4, -0.2) is 55.1 Å². The monoisotopic (exact) mass is 444 g/mol. The highest BCUT2D eigenvalue weighted by Crippen LogP contribution is 2.40. The number of allylic oxidation sites excluding steroid dienone is 1. The molecule has 3 rings (SSSR count). The van der Waals surface area contributed by atoms with E-state index in [2.05, 4.69) is 0 Å². The first-order valence-corrected chi connectivity index (χ1v) is 10.9. The van der Waals surface area contributed by atoms with E-state index in [9.17, 15) is 13.2 Å². The molecule has 9 nitrogen and oxygen atoms in total. The Morgan fingerprint density at radius 3 is 2.63 bits per heavy atom. The topological polar surface area (TPSA) is 103 Å². The molecule has 1 aromatic rings. The zero-order valence-corrected chi connectivity index (χ0v) is 17.7. The number of carbonyl (C=O) groups is 1. The Morgan fingerprint density at radius 2 is 1.97 bits per heavy atom. The van der Waals surface area contributed by atoms with Crippen LogP contribution in [0.5, 0.6) is 5.75 Å². The van der Waals surface area contributed by atoms with E-state index in [1.165, 1.54) is 7.11 Å². The Kier molecular flexibility index (Phi) is 7.16. The van der Waals surface area contributed by atoms with Crippen LogP contribution in [0.1, 0.15) is 24.0 Å². The van der Waals surface area contributed by atoms with E-state index in [0.717, 1.165) is 11.1 Å². The highest BCUT2D eigenvalue weighted by molar-refractivity contribution is 7.92. The number of anilines is 1. The lowest BCUT2D eigenvalue weighted by Crippen LogP contribution is -2.31. The Balaban J connectivity index is 1.98. The maximum Gasteiger partial charge on any atom is 0.326 e. The molecule has 1 amide bonds. The van der Waals surface area contributed by atoms with Gasteiger partial charge >= 0.3 is 10.2 Å². The molecule has 30 heavy (non-hydrogen) atoms. The molecule has 1 aromatic carbocycles. The molecular formula is C19H25FN2O7S. The lowest BCUT2D eigenvalue weighted by molar-refractivity contribution is -0.117. The van der Waals surface area contributed by atoms with Crippen LogP contribution in [0.25, 0.3) is 0 Å². The molecule has 0 saturated carbocycles. The Labute approximate surface area is 174 Å². The summed E-state index contributed by atoms with van der Waals surface area (Å²) < 4.78 is 63.7. The summed E-state index contributed by atoms with van der Waals surface area (Å²) in [7, 11) is -1.12. The van der Waals surface area contributed by atoms with Gasteiger partial charge in [0.15, 0.2) is 12.6 Å². The highest BCUT2D eigenvalue weighted by atomic mass is 32.2. The van der Waals surface area contributed by atoms with Gasteiger partial charge in [0.05, 0.1) is 26.6 Å². The number of fused-ring (bicyclic) bond motifs is 1. The van der Waals surface area contributed by atoms with Gasteiger partial charge in [-0.15, -0.1) is 0 Å². The number of methoxy groups -OCH3 is 2. The molecule has 1 aliphatic heterocycles. The summed E-state index contributed by atoms with van der Waals surface area (Å²) in [5.74, 6) is -1.45. The molecule has 0 aromatic heterocycles. The number of amides is 1. The van der Waals surface area contributed by atoms with Crippen LogP contribution in [0.2, 0.25) is 0 Å². The van der Waals surface area contributed by atoms with Gasteiger partial charge in [0.1, 0.15) is 18.0 Å². The Morgan fingerprint density at radius 1 is 1.20 bits per heavy atom. The Hall–Kier alpha value is -2.37. The molecular weight excluding hydrogens is 419 g/mol. The second-order valence-electron chi connectivity index (χ2n) is 6.89. The molecule has 0 radical (unpaired) electrons. The predicted molar refractivity (Wildman–Crippen MR) is 106 cm³/mol. The molecule has 0 spiro atoms. The first-order valence-electron chi connectivity index (χ1n) is 9.45. The smallest absolute Gasteiger partial charge is 0.326 e. The fourth-order valence-corrected chi connectivity index (χ4v) is 4.64. The average Bonchev–Trinajstić information content (AvgIpc) is 2.84. The second kappa shape index (κ2) is 9.63. The second-order valence-corrected chi connectivity index (χ2v) is 8.48. The van der Waals surface area contributed by atoms with E-state index in [1.54, 1.807) is 19.4 Å². The number of aryl methyl sites for hydroxylation is 1. The average molecular weight is 444 g/mol. The number of nitrogens with one attached hydrogen (secondary N) is 1. The maximum atomic E-state index is 15.6. The van der Waals surface area contributed by atoms with Crippen LogP contribution < -0.4 is 13.8 Å². The zero-order chi connectivity index (χ0) is 21.7. The maximum absolute atomic E-state index is 15.6. The molecule has 0 atom stereocenters. The van der Waals surface area contributed by atoms with Crippen LogP contribution in [-0.2, 0) is 42.1 Å². The van der Waals surface area contributed by atoms with Crippen molar-refractivity contribution in [3.8, 4) is 5.75 Å². The standard InChI is InChI=1S/C19H25FN2O7S/c1-26-7-8-28-12-29-16-9-14-5-3-13(11-27-2)4-6-15(14)18(20)19(16)22-10-17(23)21-30(22,24)25/h9,11H,3-8,10,12H2,1-2H3,(H,21,23)/b13-11-. The van der Waals surface area contributed by atoms with Crippen molar-refractivity contribution in [3.63, 3.8) is 0 Å². The van der Waals surface area contributed by atoms with E-state index in [4.69, 9.17) is 18.9 Å². The van der Waals surface area contributed by atoms with Crippen LogP contribution in [0.15, 0.2) is 17.9 Å². The quantitative estimate of drug-likeness (QED) is 0.280. The number of halogens is 1. The first-order chi connectivity index (χ1) is 14.4. The number of nitrogens with zero attached hydrogens (tertiary/aromatic N) is 1. The van der Waals surface area contributed by atoms with Crippen LogP contribution in [0, 0.1) is 5.82 Å². The number of carbonyl (C=O) groups excluding carboxylic acids is 1. The lowest BCUT2D eigenvalue weighted by Gasteiger charge is -2.22. The van der Waals surface area contributed by atoms with Gasteiger partial charge in [-0.2, -0.15) is 8.42 Å². The van der Waals surface area contributed by atoms with Crippen molar-refractivity contribution in [2.75, 3.05) is 45.1 Å². The summed E-state index contributed by atoms with van der Waals surface area (Å²) in [5.41, 5.74) is 1.87. The number of hydrogen-bond acceptors (Lipinski definition) is 7. The van der Waals surface area contributed by atoms with Crippen molar-refractivity contribution >= 4 is 21.8 Å². The summed E-state index contributed by atoms with van der Waals surface area (Å²) in [6.07, 6.45) is 3.85. The van der Waals surface area contributed by atoms with Gasteiger partial charge in [-0.25, -0.2) is 13.4 Å². The molecule has 1 saturated heterocycles. The van der Waals surface area contributed by atoms with Crippen LogP contribution >= 0.6 is 0 Å². The van der Waals surface area contributed by atoms with Crippen molar-refractivity contribution in [1.29, 1.82) is 0 Å². The van der Waals surface area contributed by atoms with Crippen LogP contribution in [0.4, 0.5) is 10.1 Å². The molecule has 1 N–H and O–H groups in total. The largest absolute Gasteiger partial charge is 0.504 e. The molecule has 1 heterocycles. The Bertz CT molecular complexity index is 933. The molecule has 1 fully saturated rings. The van der Waals surface area contributed by atoms with Crippen molar-refractivity contribution in [3.05, 3.63) is 34.8 Å². The van der Waals surface area contributed by atoms with Gasteiger partial charge in [0.2, 0.25) is 0 Å². The summed E-state index contributed by atoms with van der Waals surface area (Å²) >= 11 is 0. The number of benzene rings is 1. The minimum Gasteiger partial charge on any atom is -0.504 e. The van der Waals surface area contributed by atoms with E-state index >= 15 is 4.39 Å². The fraction of sp³-hybridized carbons (Fsp3) is 0.526. The third-order valence-electron chi connectivity index (χ3n) is 4.89. The number of hydrogen-bond donors (Lipinski definition) is 1. The predicted octanol–water partition coefficient (Wildman–Crippen LogP) is 1.42. The van der Waals surface area contributed by atoms with E-state index in [-0.39, 0.29) is 24.8 Å². The molecule has 11 heteroatoms. The summed E-state index contributed by atoms with van der Waals surface area (Å²) in [5, 5.41) is 0. The van der Waals surface area contributed by atoms with Gasteiger partial charge in [0, 0.05) is 7.11 Å². The zero-order valence-electron chi connectivity index (χ0n) is 16.9. The summed E-state index contributed by atoms with van der Waals surface area (Å²) in [4.78, 5) is 11.7. The van der Waals surface area contributed by atoms with Gasteiger partial charge in [0.25, 0.3) is 5.91 Å². The lowest BCUT2D eigenvalue weighted by atomic mass is 10.0. The third-order valence-corrected chi connectivity index (χ3v) is 6.27. The fourth-order valence-electron chi connectivity index (χ4n) is 3.48. The normalized spacial score (nSPS) is 19.4. The van der Waals surface area contributed by atoms with Crippen molar-refractivity contribution < 1.29 is 36.6 Å². The van der Waals surface area contributed by atoms with Crippen molar-refractivity contribution in [2.24, 2.45) is 0 Å². The molecule has 1 aliphatic carbocycles. The van der Waals surface area contributed by atoms with E-state index in [1.807, 2.05) is 4.72 Å². The molecule has 166 valence electrons. The third kappa shape index (κ3) is 4.85. The molecule has 2 aliphatic rings. The summed E-state index contributed by atoms with van der Waals surface area (Å²) in [6, 6.07) is 1.63. The van der Waals surface area contributed by atoms with E-state index in [0.29, 0.717) is 42.2 Å². The van der Waals surface area contributed by atoms with Gasteiger partial charge in [-0.3, -0.25) is 4.79 Å². The van der Waals surface area contributed by atoms with E-state index < -0.39 is 28.5 Å². The van der Waals surface area contributed by atoms with Gasteiger partial charge in [-0.05, 0) is 48.4 Å². The highest BCUT2D eigenvalue weighted by Gasteiger charge is 2.39. The van der Waals surface area contributed by atoms with Crippen molar-refractivity contribution in [2.45, 2.75) is 25.7 Å². The minimum absolute atomic E-state index is 0.00270. The SMILES string of the molecule is CO/C=C1/CCc2cc(OCOCCOC)c(N3CC(=O)NS3(=O)=O)c(F)c2CC1. The molecule has 0 unspecified atom stereocenters. The van der Waals surface area contributed by atoms with Gasteiger partial charge < -0.3 is 18.9 Å². The van der Waals surface area contributed by atoms with Crippen molar-refractivity contribution in [1.82, 2.24) is 4.72 Å². The number of ether oxygens (including phenoxy) is 4. The number of rotatable bonds is 8. The minimum atomic E-state index is -4.21.